The number of hydrogen-bond donors (Lipinski definition) is 0. The highest BCUT2D eigenvalue weighted by molar-refractivity contribution is 7.27. The Labute approximate surface area is 92.3 Å². The highest BCUT2D eigenvalue weighted by Crippen LogP contribution is 2.29. The van der Waals surface area contributed by atoms with Gasteiger partial charge in [-0.2, -0.15) is 0 Å². The molecule has 1 rings (SSSR count). The second-order valence-corrected chi connectivity index (χ2v) is 5.12. The van der Waals surface area contributed by atoms with E-state index in [0.29, 0.717) is 5.30 Å². The maximum absolute atomic E-state index is 13.2. The average Bonchev–Trinajstić information content (AvgIpc) is 2.13. The molecule has 15 heavy (non-hydrogen) atoms. The summed E-state index contributed by atoms with van der Waals surface area (Å²) in [5, 5.41) is 0.300. The normalized spacial score (nSPS) is 11.9. The lowest BCUT2D eigenvalue weighted by molar-refractivity contribution is 0.461. The maximum Gasteiger partial charge on any atom is 0.165 e. The van der Waals surface area contributed by atoms with E-state index in [1.54, 1.807) is 6.07 Å². The van der Waals surface area contributed by atoms with Gasteiger partial charge in [0.05, 0.1) is 0 Å². The summed E-state index contributed by atoms with van der Waals surface area (Å²) in [6.07, 6.45) is 1.99. The van der Waals surface area contributed by atoms with Crippen LogP contribution < -0.4 is 5.30 Å². The van der Waals surface area contributed by atoms with Gasteiger partial charge in [-0.25, -0.2) is 8.78 Å². The molecule has 1 unspecified atom stereocenters. The molecule has 1 atom stereocenters. The van der Waals surface area contributed by atoms with Crippen LogP contribution in [0.25, 0.3) is 0 Å². The lowest BCUT2D eigenvalue weighted by Crippen LogP contribution is -2.19. The highest BCUT2D eigenvalue weighted by atomic mass is 31.0. The lowest BCUT2D eigenvalue weighted by Gasteiger charge is -2.25. The van der Waals surface area contributed by atoms with Gasteiger partial charge in [0.1, 0.15) is 0 Å². The van der Waals surface area contributed by atoms with Crippen molar-refractivity contribution in [2.24, 2.45) is 0 Å². The number of halogens is 2. The summed E-state index contributed by atoms with van der Waals surface area (Å²) in [5.41, 5.74) is 0.752. The standard InChI is InChI=1S/C12H17F2P/c1-4-5-12(2,3)8-6-9(13)11(14)10(15)7-8/h6-7H,4-5,15H2,1-3H3. The molecule has 0 N–H and O–H groups in total. The average molecular weight is 230 g/mol. The van der Waals surface area contributed by atoms with E-state index >= 15 is 0 Å². The van der Waals surface area contributed by atoms with E-state index < -0.39 is 11.6 Å². The lowest BCUT2D eigenvalue weighted by atomic mass is 9.81. The fourth-order valence-electron chi connectivity index (χ4n) is 1.77. The molecular formula is C12H17F2P. The highest BCUT2D eigenvalue weighted by Gasteiger charge is 2.21. The van der Waals surface area contributed by atoms with Crippen molar-refractivity contribution in [1.29, 1.82) is 0 Å². The Kier molecular flexibility index (Phi) is 3.83. The second kappa shape index (κ2) is 4.57. The first kappa shape index (κ1) is 12.6. The zero-order valence-electron chi connectivity index (χ0n) is 9.40. The summed E-state index contributed by atoms with van der Waals surface area (Å²) in [7, 11) is 2.23. The van der Waals surface area contributed by atoms with E-state index in [0.717, 1.165) is 18.4 Å². The zero-order valence-corrected chi connectivity index (χ0v) is 10.6. The van der Waals surface area contributed by atoms with Gasteiger partial charge in [-0.15, -0.1) is 9.24 Å². The molecule has 84 valence electrons. The molecule has 1 aromatic carbocycles. The summed E-state index contributed by atoms with van der Waals surface area (Å²) < 4.78 is 26.3. The van der Waals surface area contributed by atoms with Crippen LogP contribution in [0.3, 0.4) is 0 Å². The van der Waals surface area contributed by atoms with Gasteiger partial charge in [0.2, 0.25) is 0 Å². The van der Waals surface area contributed by atoms with Crippen molar-refractivity contribution in [2.45, 2.75) is 39.0 Å². The molecule has 0 saturated carbocycles. The van der Waals surface area contributed by atoms with Crippen LogP contribution in [0.1, 0.15) is 39.2 Å². The Morgan fingerprint density at radius 3 is 2.33 bits per heavy atom. The fourth-order valence-corrected chi connectivity index (χ4v) is 2.09. The third-order valence-electron chi connectivity index (χ3n) is 2.71. The van der Waals surface area contributed by atoms with Gasteiger partial charge in [-0.1, -0.05) is 27.2 Å². The molecule has 0 aliphatic heterocycles. The predicted molar refractivity (Wildman–Crippen MR) is 63.6 cm³/mol. The van der Waals surface area contributed by atoms with Crippen molar-refractivity contribution >= 4 is 14.5 Å². The van der Waals surface area contributed by atoms with E-state index in [1.807, 2.05) is 13.8 Å². The minimum Gasteiger partial charge on any atom is -0.204 e. The van der Waals surface area contributed by atoms with Gasteiger partial charge in [0, 0.05) is 5.30 Å². The van der Waals surface area contributed by atoms with Crippen molar-refractivity contribution in [3.8, 4) is 0 Å². The van der Waals surface area contributed by atoms with Crippen molar-refractivity contribution in [2.75, 3.05) is 0 Å². The van der Waals surface area contributed by atoms with Crippen LogP contribution in [0.15, 0.2) is 12.1 Å². The Bertz CT molecular complexity index is 336. The molecule has 3 heteroatoms. The van der Waals surface area contributed by atoms with Gasteiger partial charge in [0.25, 0.3) is 0 Å². The predicted octanol–water partition coefficient (Wildman–Crippen LogP) is 3.54. The molecule has 0 aliphatic carbocycles. The summed E-state index contributed by atoms with van der Waals surface area (Å²) in [4.78, 5) is 0. The van der Waals surface area contributed by atoms with Crippen molar-refractivity contribution in [3.63, 3.8) is 0 Å². The Balaban J connectivity index is 3.16. The van der Waals surface area contributed by atoms with Gasteiger partial charge in [-0.3, -0.25) is 0 Å². The summed E-state index contributed by atoms with van der Waals surface area (Å²) in [6.45, 7) is 6.18. The van der Waals surface area contributed by atoms with E-state index in [1.165, 1.54) is 6.07 Å². The summed E-state index contributed by atoms with van der Waals surface area (Å²) in [6, 6.07) is 3.01. The second-order valence-electron chi connectivity index (χ2n) is 4.50. The fraction of sp³-hybridized carbons (Fsp3) is 0.500. The van der Waals surface area contributed by atoms with E-state index in [9.17, 15) is 8.78 Å². The van der Waals surface area contributed by atoms with Crippen LogP contribution in [0.2, 0.25) is 0 Å². The Morgan fingerprint density at radius 2 is 1.87 bits per heavy atom. The van der Waals surface area contributed by atoms with E-state index in [2.05, 4.69) is 16.2 Å². The minimum absolute atomic E-state index is 0.103. The SMILES string of the molecule is CCCC(C)(C)c1cc(F)c(F)c(P)c1. The van der Waals surface area contributed by atoms with Crippen LogP contribution in [0.5, 0.6) is 0 Å². The Hall–Kier alpha value is -0.490. The van der Waals surface area contributed by atoms with Crippen LogP contribution in [0.4, 0.5) is 8.78 Å². The topological polar surface area (TPSA) is 0 Å². The van der Waals surface area contributed by atoms with Gasteiger partial charge >= 0.3 is 0 Å². The van der Waals surface area contributed by atoms with Crippen LogP contribution in [0, 0.1) is 11.6 Å². The molecule has 0 bridgehead atoms. The monoisotopic (exact) mass is 230 g/mol. The maximum atomic E-state index is 13.2. The molecule has 0 heterocycles. The third kappa shape index (κ3) is 2.75. The zero-order chi connectivity index (χ0) is 11.6. The molecular weight excluding hydrogens is 213 g/mol. The first-order chi connectivity index (χ1) is 6.88. The van der Waals surface area contributed by atoms with Gasteiger partial charge < -0.3 is 0 Å². The van der Waals surface area contributed by atoms with E-state index in [4.69, 9.17) is 0 Å². The quantitative estimate of drug-likeness (QED) is 0.697. The number of rotatable bonds is 3. The molecule has 0 aliphatic rings. The first-order valence-corrected chi connectivity index (χ1v) is 5.71. The molecule has 0 nitrogen and oxygen atoms in total. The first-order valence-electron chi connectivity index (χ1n) is 5.13. The largest absolute Gasteiger partial charge is 0.204 e. The third-order valence-corrected chi connectivity index (χ3v) is 3.13. The molecule has 0 saturated heterocycles. The van der Waals surface area contributed by atoms with Crippen LogP contribution in [-0.4, -0.2) is 0 Å². The number of hydrogen-bond acceptors (Lipinski definition) is 0. The van der Waals surface area contributed by atoms with Crippen molar-refractivity contribution in [3.05, 3.63) is 29.3 Å². The smallest absolute Gasteiger partial charge is 0.165 e. The summed E-state index contributed by atoms with van der Waals surface area (Å²) >= 11 is 0. The molecule has 0 aromatic heterocycles. The molecule has 1 aromatic rings. The van der Waals surface area contributed by atoms with Crippen molar-refractivity contribution in [1.82, 2.24) is 0 Å². The Morgan fingerprint density at radius 1 is 1.27 bits per heavy atom. The molecule has 0 amide bonds. The number of benzene rings is 1. The summed E-state index contributed by atoms with van der Waals surface area (Å²) in [5.74, 6) is -1.53. The van der Waals surface area contributed by atoms with Crippen molar-refractivity contribution < 1.29 is 8.78 Å². The van der Waals surface area contributed by atoms with Gasteiger partial charge in [0.15, 0.2) is 11.6 Å². The van der Waals surface area contributed by atoms with Crippen LogP contribution in [-0.2, 0) is 5.41 Å². The molecule has 0 spiro atoms. The van der Waals surface area contributed by atoms with Gasteiger partial charge in [-0.05, 0) is 29.5 Å². The van der Waals surface area contributed by atoms with Crippen LogP contribution >= 0.6 is 9.24 Å². The molecule has 0 fully saturated rings. The minimum atomic E-state index is -0.768. The molecule has 0 radical (unpaired) electrons. The van der Waals surface area contributed by atoms with E-state index in [-0.39, 0.29) is 5.41 Å².